The molecule has 0 bridgehead atoms. The summed E-state index contributed by atoms with van der Waals surface area (Å²) < 4.78 is 46.5. The number of alkyl halides is 3. The lowest BCUT2D eigenvalue weighted by molar-refractivity contribution is -0.203. The van der Waals surface area contributed by atoms with Crippen molar-refractivity contribution < 1.29 is 27.4 Å². The Morgan fingerprint density at radius 2 is 2.25 bits per heavy atom. The molecule has 0 aromatic rings. The number of ether oxygens (including phenoxy) is 2. The van der Waals surface area contributed by atoms with Crippen LogP contribution in [0.4, 0.5) is 13.2 Å². The molecule has 1 heterocycles. The molecule has 3 nitrogen and oxygen atoms in total. The molecular formula is C10H13F3O3. The number of hydrogen-bond donors (Lipinski definition) is 0. The number of Topliss-reactive ketones (excluding diaryl/α,β-unsaturated/α-hetero) is 1. The summed E-state index contributed by atoms with van der Waals surface area (Å²) >= 11 is 0. The van der Waals surface area contributed by atoms with Crippen molar-refractivity contribution in [2.24, 2.45) is 0 Å². The van der Waals surface area contributed by atoms with Crippen LogP contribution in [0, 0.1) is 0 Å². The summed E-state index contributed by atoms with van der Waals surface area (Å²) in [4.78, 5) is 10.9. The maximum absolute atomic E-state index is 12.1. The van der Waals surface area contributed by atoms with Gasteiger partial charge in [0.15, 0.2) is 0 Å². The predicted octanol–water partition coefficient (Wildman–Crippen LogP) is 2.56. The number of hydrogen-bond acceptors (Lipinski definition) is 3. The van der Waals surface area contributed by atoms with Crippen molar-refractivity contribution >= 4 is 5.78 Å². The van der Waals surface area contributed by atoms with Crippen molar-refractivity contribution in [3.63, 3.8) is 0 Å². The molecule has 0 aromatic heterocycles. The molecule has 0 N–H and O–H groups in total. The first kappa shape index (κ1) is 13.0. The highest BCUT2D eigenvalue weighted by Gasteiger charge is 2.43. The number of rotatable bonds is 3. The van der Waals surface area contributed by atoms with Gasteiger partial charge in [-0.15, -0.1) is 0 Å². The highest BCUT2D eigenvalue weighted by Crippen LogP contribution is 2.31. The zero-order valence-electron chi connectivity index (χ0n) is 9.06. The van der Waals surface area contributed by atoms with Crippen LogP contribution in [0.5, 0.6) is 0 Å². The van der Waals surface area contributed by atoms with Crippen molar-refractivity contribution in [1.29, 1.82) is 0 Å². The summed E-state index contributed by atoms with van der Waals surface area (Å²) in [6, 6.07) is 0. The van der Waals surface area contributed by atoms with Gasteiger partial charge in [-0.1, -0.05) is 0 Å². The minimum atomic E-state index is -4.84. The van der Waals surface area contributed by atoms with Crippen LogP contribution in [0.1, 0.15) is 26.7 Å². The number of halogens is 3. The fourth-order valence-electron chi connectivity index (χ4n) is 1.44. The summed E-state index contributed by atoms with van der Waals surface area (Å²) in [5, 5.41) is 0. The third kappa shape index (κ3) is 2.98. The predicted molar refractivity (Wildman–Crippen MR) is 49.5 cm³/mol. The molecular weight excluding hydrogens is 225 g/mol. The van der Waals surface area contributed by atoms with Crippen molar-refractivity contribution in [2.45, 2.75) is 38.7 Å². The van der Waals surface area contributed by atoms with E-state index < -0.39 is 17.7 Å². The van der Waals surface area contributed by atoms with Gasteiger partial charge in [-0.05, 0) is 13.3 Å². The van der Waals surface area contributed by atoms with Crippen molar-refractivity contribution in [3.05, 3.63) is 11.8 Å². The Morgan fingerprint density at radius 1 is 1.62 bits per heavy atom. The summed E-state index contributed by atoms with van der Waals surface area (Å²) in [7, 11) is 0. The van der Waals surface area contributed by atoms with Crippen molar-refractivity contribution in [2.75, 3.05) is 6.61 Å². The maximum Gasteiger partial charge on any atom is 0.454 e. The van der Waals surface area contributed by atoms with Crippen LogP contribution in [0.2, 0.25) is 0 Å². The van der Waals surface area contributed by atoms with E-state index in [9.17, 15) is 18.0 Å². The van der Waals surface area contributed by atoms with Gasteiger partial charge >= 0.3 is 6.18 Å². The van der Waals surface area contributed by atoms with Gasteiger partial charge in [-0.3, -0.25) is 4.79 Å². The number of ketones is 1. The SMILES string of the molecule is CCOC1(C)CCC(C(=O)C(F)(F)F)=CO1. The molecule has 0 radical (unpaired) electrons. The molecule has 1 rings (SSSR count). The Labute approximate surface area is 91.2 Å². The minimum absolute atomic E-state index is 0.00877. The van der Waals surface area contributed by atoms with Crippen LogP contribution in [-0.2, 0) is 14.3 Å². The van der Waals surface area contributed by atoms with Crippen LogP contribution >= 0.6 is 0 Å². The molecule has 0 spiro atoms. The summed E-state index contributed by atoms with van der Waals surface area (Å²) in [6.07, 6.45) is -3.74. The van der Waals surface area contributed by atoms with Gasteiger partial charge in [-0.2, -0.15) is 13.2 Å². The van der Waals surface area contributed by atoms with Gasteiger partial charge in [0, 0.05) is 25.5 Å². The normalized spacial score (nSPS) is 25.9. The lowest BCUT2D eigenvalue weighted by Crippen LogP contribution is -2.35. The molecule has 0 fully saturated rings. The van der Waals surface area contributed by atoms with Crippen LogP contribution < -0.4 is 0 Å². The van der Waals surface area contributed by atoms with Gasteiger partial charge in [0.2, 0.25) is 5.79 Å². The molecule has 0 aromatic carbocycles. The molecule has 1 aliphatic heterocycles. The van der Waals surface area contributed by atoms with E-state index in [-0.39, 0.29) is 18.4 Å². The van der Waals surface area contributed by atoms with Gasteiger partial charge in [0.1, 0.15) is 0 Å². The summed E-state index contributed by atoms with van der Waals surface area (Å²) in [6.45, 7) is 3.78. The molecule has 1 atom stereocenters. The number of carbonyl (C=O) groups is 1. The van der Waals surface area contributed by atoms with Crippen molar-refractivity contribution in [1.82, 2.24) is 0 Å². The standard InChI is InChI=1S/C10H13F3O3/c1-3-15-9(2)5-4-7(6-16-9)8(14)10(11,12)13/h6H,3-5H2,1-2H3. The summed E-state index contributed by atoms with van der Waals surface area (Å²) in [5.74, 6) is -2.77. The fraction of sp³-hybridized carbons (Fsp3) is 0.700. The molecule has 0 saturated heterocycles. The quantitative estimate of drug-likeness (QED) is 0.758. The molecule has 0 saturated carbocycles. The van der Waals surface area contributed by atoms with E-state index in [0.29, 0.717) is 6.61 Å². The molecule has 6 heteroatoms. The number of carbonyl (C=O) groups excluding carboxylic acids is 1. The molecule has 16 heavy (non-hydrogen) atoms. The maximum atomic E-state index is 12.1. The average Bonchev–Trinajstić information content (AvgIpc) is 2.16. The molecule has 92 valence electrons. The van der Waals surface area contributed by atoms with E-state index in [4.69, 9.17) is 9.47 Å². The third-order valence-electron chi connectivity index (χ3n) is 2.30. The average molecular weight is 238 g/mol. The highest BCUT2D eigenvalue weighted by molar-refractivity contribution is 5.99. The smallest absolute Gasteiger partial charge is 0.454 e. The zero-order chi connectivity index (χ0) is 12.4. The van der Waals surface area contributed by atoms with E-state index in [1.807, 2.05) is 0 Å². The van der Waals surface area contributed by atoms with E-state index in [1.54, 1.807) is 13.8 Å². The number of allylic oxidation sites excluding steroid dienone is 1. The van der Waals surface area contributed by atoms with Crippen LogP contribution in [0.3, 0.4) is 0 Å². The first-order valence-electron chi connectivity index (χ1n) is 4.91. The Balaban J connectivity index is 2.70. The Bertz CT molecular complexity index is 309. The van der Waals surface area contributed by atoms with Crippen LogP contribution in [-0.4, -0.2) is 24.4 Å². The van der Waals surface area contributed by atoms with Crippen molar-refractivity contribution in [3.8, 4) is 0 Å². The third-order valence-corrected chi connectivity index (χ3v) is 2.30. The monoisotopic (exact) mass is 238 g/mol. The first-order valence-corrected chi connectivity index (χ1v) is 4.91. The lowest BCUT2D eigenvalue weighted by atomic mass is 10.0. The minimum Gasteiger partial charge on any atom is -0.470 e. The Hall–Kier alpha value is -1.04. The fourth-order valence-corrected chi connectivity index (χ4v) is 1.44. The van der Waals surface area contributed by atoms with Gasteiger partial charge in [0.05, 0.1) is 6.26 Å². The zero-order valence-corrected chi connectivity index (χ0v) is 9.06. The lowest BCUT2D eigenvalue weighted by Gasteiger charge is -2.32. The largest absolute Gasteiger partial charge is 0.470 e. The summed E-state index contributed by atoms with van der Waals surface area (Å²) in [5.41, 5.74) is -0.357. The molecule has 0 amide bonds. The van der Waals surface area contributed by atoms with E-state index in [0.717, 1.165) is 6.26 Å². The second kappa shape index (κ2) is 4.45. The Kier molecular flexibility index (Phi) is 3.62. The van der Waals surface area contributed by atoms with Gasteiger partial charge < -0.3 is 9.47 Å². The molecule has 1 unspecified atom stereocenters. The molecule has 0 aliphatic carbocycles. The van der Waals surface area contributed by atoms with E-state index in [1.165, 1.54) is 0 Å². The van der Waals surface area contributed by atoms with Gasteiger partial charge in [-0.25, -0.2) is 0 Å². The topological polar surface area (TPSA) is 35.5 Å². The second-order valence-corrected chi connectivity index (χ2v) is 3.65. The van der Waals surface area contributed by atoms with E-state index >= 15 is 0 Å². The second-order valence-electron chi connectivity index (χ2n) is 3.65. The van der Waals surface area contributed by atoms with Gasteiger partial charge in [0.25, 0.3) is 5.78 Å². The Morgan fingerprint density at radius 3 is 2.62 bits per heavy atom. The van der Waals surface area contributed by atoms with Crippen LogP contribution in [0.25, 0.3) is 0 Å². The highest BCUT2D eigenvalue weighted by atomic mass is 19.4. The first-order chi connectivity index (χ1) is 7.28. The van der Waals surface area contributed by atoms with Crippen LogP contribution in [0.15, 0.2) is 11.8 Å². The molecule has 1 aliphatic rings. The van der Waals surface area contributed by atoms with E-state index in [2.05, 4.69) is 0 Å².